The number of azide groups is 1. The third-order valence-corrected chi connectivity index (χ3v) is 3.94. The molecule has 0 aromatic rings. The summed E-state index contributed by atoms with van der Waals surface area (Å²) in [6, 6.07) is 0. The Labute approximate surface area is 219 Å². The van der Waals surface area contributed by atoms with Gasteiger partial charge in [-0.05, 0) is 12.5 Å². The van der Waals surface area contributed by atoms with Gasteiger partial charge in [-0.3, -0.25) is 9.59 Å². The van der Waals surface area contributed by atoms with Crippen LogP contribution in [0.25, 0.3) is 10.4 Å². The fourth-order valence-electron chi connectivity index (χ4n) is 2.09. The van der Waals surface area contributed by atoms with Crippen molar-refractivity contribution in [3.8, 4) is 0 Å². The molecule has 214 valence electrons. The van der Waals surface area contributed by atoms with Gasteiger partial charge in [-0.2, -0.15) is 0 Å². The number of methoxy groups -OCH3 is 1. The number of ether oxygens (including phenoxy) is 1. The van der Waals surface area contributed by atoms with Gasteiger partial charge in [0.15, 0.2) is 0 Å². The predicted octanol–water partition coefficient (Wildman–Crippen LogP) is 8.82. The van der Waals surface area contributed by atoms with E-state index in [0.717, 1.165) is 6.29 Å². The van der Waals surface area contributed by atoms with Gasteiger partial charge in [-0.25, -0.2) is 0 Å². The number of hydrogen-bond acceptors (Lipinski definition) is 5. The van der Waals surface area contributed by atoms with Crippen LogP contribution in [-0.4, -0.2) is 39.4 Å². The molecular weight excluding hydrogens is 444 g/mol. The van der Waals surface area contributed by atoms with Crippen LogP contribution in [0.2, 0.25) is 0 Å². The average molecular weight is 507 g/mol. The van der Waals surface area contributed by atoms with Gasteiger partial charge in [-0.1, -0.05) is 124 Å². The lowest BCUT2D eigenvalue weighted by Gasteiger charge is -2.01. The highest BCUT2D eigenvalue weighted by atomic mass is 16.5. The molecule has 0 heterocycles. The maximum absolute atomic E-state index is 9.70. The van der Waals surface area contributed by atoms with Crippen LogP contribution in [0.3, 0.4) is 0 Å². The van der Waals surface area contributed by atoms with Crippen molar-refractivity contribution in [2.75, 3.05) is 21.2 Å². The molecule has 8 heteroatoms. The van der Waals surface area contributed by atoms with Gasteiger partial charge in [0.1, 0.15) is 6.29 Å². The van der Waals surface area contributed by atoms with E-state index in [-0.39, 0.29) is 19.3 Å². The molecule has 1 N–H and O–H groups in total. The average Bonchev–Trinajstić information content (AvgIpc) is 2.85. The number of hydrogen-bond donors (Lipinski definition) is 1. The van der Waals surface area contributed by atoms with E-state index in [0.29, 0.717) is 0 Å². The third-order valence-electron chi connectivity index (χ3n) is 3.94. The van der Waals surface area contributed by atoms with Crippen molar-refractivity contribution >= 4 is 18.2 Å². The molecule has 0 atom stereocenters. The molecule has 0 aromatic heterocycles. The number of aldehydes is 1. The molecule has 0 aromatic carbocycles. The van der Waals surface area contributed by atoms with E-state index in [1.165, 1.54) is 118 Å². The Hall–Kier alpha value is -2.08. The second-order valence-corrected chi connectivity index (χ2v) is 6.92. The van der Waals surface area contributed by atoms with Crippen molar-refractivity contribution < 1.29 is 19.1 Å². The van der Waals surface area contributed by atoms with Crippen LogP contribution in [0, 0.1) is 0 Å². The number of nitrogens with zero attached hydrogens (tertiary/aromatic N) is 3. The van der Waals surface area contributed by atoms with Crippen molar-refractivity contribution in [2.24, 2.45) is 5.11 Å². The van der Waals surface area contributed by atoms with E-state index in [2.05, 4.69) is 33.9 Å². The zero-order valence-corrected chi connectivity index (χ0v) is 24.2. The highest BCUT2D eigenvalue weighted by molar-refractivity contribution is 5.72. The summed E-state index contributed by atoms with van der Waals surface area (Å²) < 4.78 is 4.11. The lowest BCUT2D eigenvalue weighted by Crippen LogP contribution is -2.11. The summed E-state index contributed by atoms with van der Waals surface area (Å²) in [5, 5.41) is 5.31. The largest absolute Gasteiger partial charge is 0.469 e. The molecule has 0 radical (unpaired) electrons. The molecule has 0 spiro atoms. The highest BCUT2D eigenvalue weighted by Crippen LogP contribution is 2.12. The smallest absolute Gasteiger partial charge is 0.302 e. The maximum Gasteiger partial charge on any atom is 0.302 e. The number of carbonyl (C=O) groups excluding carboxylic acids is 3. The molecule has 0 bridgehead atoms. The van der Waals surface area contributed by atoms with Crippen LogP contribution in [0.1, 0.15) is 139 Å². The van der Waals surface area contributed by atoms with Gasteiger partial charge in [0.2, 0.25) is 5.91 Å². The molecule has 1 amide bonds. The van der Waals surface area contributed by atoms with Gasteiger partial charge < -0.3 is 14.8 Å². The first-order valence-corrected chi connectivity index (χ1v) is 12.8. The van der Waals surface area contributed by atoms with Gasteiger partial charge >= 0.3 is 5.97 Å². The Bertz CT molecular complexity index is 388. The molecule has 35 heavy (non-hydrogen) atoms. The zero-order valence-electron chi connectivity index (χ0n) is 24.2. The van der Waals surface area contributed by atoms with Gasteiger partial charge in [0.25, 0.3) is 0 Å². The maximum atomic E-state index is 9.70. The van der Waals surface area contributed by atoms with Crippen LogP contribution in [-0.2, 0) is 19.1 Å². The van der Waals surface area contributed by atoms with Crippen molar-refractivity contribution in [3.05, 3.63) is 10.4 Å². The van der Waals surface area contributed by atoms with E-state index in [9.17, 15) is 9.59 Å². The van der Waals surface area contributed by atoms with Crippen LogP contribution >= 0.6 is 0 Å². The number of rotatable bonds is 12. The first-order valence-electron chi connectivity index (χ1n) is 12.8. The monoisotopic (exact) mass is 506 g/mol. The van der Waals surface area contributed by atoms with Crippen LogP contribution < -0.4 is 5.32 Å². The molecule has 0 saturated carbocycles. The molecular formula is C27H62N4O4. The molecule has 8 nitrogen and oxygen atoms in total. The molecule has 0 unspecified atom stereocenters. The molecule has 0 rings (SSSR count). The summed E-state index contributed by atoms with van der Waals surface area (Å²) in [4.78, 5) is 30.5. The summed E-state index contributed by atoms with van der Waals surface area (Å²) >= 11 is 0. The fourth-order valence-corrected chi connectivity index (χ4v) is 2.09. The minimum Gasteiger partial charge on any atom is -0.469 e. The van der Waals surface area contributed by atoms with E-state index in [4.69, 9.17) is 10.3 Å². The van der Waals surface area contributed by atoms with E-state index in [1.807, 2.05) is 13.8 Å². The van der Waals surface area contributed by atoms with E-state index < -0.39 is 0 Å². The van der Waals surface area contributed by atoms with Gasteiger partial charge in [0.05, 0.1) is 7.11 Å². The van der Waals surface area contributed by atoms with Crippen LogP contribution in [0.4, 0.5) is 0 Å². The molecule has 0 aliphatic heterocycles. The fraction of sp³-hybridized carbons (Fsp3) is 0.889. The highest BCUT2D eigenvalue weighted by Gasteiger charge is 1.92. The van der Waals surface area contributed by atoms with Crippen molar-refractivity contribution in [2.45, 2.75) is 139 Å². The predicted molar refractivity (Wildman–Crippen MR) is 154 cm³/mol. The normalized spacial score (nSPS) is 7.60. The van der Waals surface area contributed by atoms with Crippen molar-refractivity contribution in [1.82, 2.24) is 5.32 Å². The Morgan fingerprint density at radius 3 is 1.11 bits per heavy atom. The van der Waals surface area contributed by atoms with Crippen molar-refractivity contribution in [3.63, 3.8) is 0 Å². The first-order chi connectivity index (χ1) is 16.3. The van der Waals surface area contributed by atoms with E-state index in [1.54, 1.807) is 7.05 Å². The van der Waals surface area contributed by atoms with Gasteiger partial charge in [-0.15, -0.1) is 0 Å². The number of esters is 1. The number of nitrogens with one attached hydrogen (secondary N) is 1. The second-order valence-electron chi connectivity index (χ2n) is 6.92. The summed E-state index contributed by atoms with van der Waals surface area (Å²) in [5.41, 5.74) is 7.33. The topological polar surface area (TPSA) is 121 Å². The molecule has 0 aliphatic carbocycles. The standard InChI is InChI=1S/C15H32.C3H7NO.C3H6O2.C2H4O.C2H6.CH3N3.CH4/c1-3-5-7-9-11-13-15-14-12-10-8-6-4-2;1-3(5)4-2;1-3(4)5-2;1-2-3;1-2;1-3-4-2;/h3-15H2,1-2H3;1-2H3,(H,4,5);1-2H3;2H,1H3;1-2H3;1H3;1H4. The Morgan fingerprint density at radius 1 is 0.857 bits per heavy atom. The lowest BCUT2D eigenvalue weighted by atomic mass is 10.1. The van der Waals surface area contributed by atoms with E-state index >= 15 is 0 Å². The number of unbranched alkanes of at least 4 members (excludes halogenated alkanes) is 12. The molecule has 0 fully saturated rings. The van der Waals surface area contributed by atoms with Crippen LogP contribution in [0.5, 0.6) is 0 Å². The minimum absolute atomic E-state index is 0. The quantitative estimate of drug-likeness (QED) is 0.0709. The molecule has 0 aliphatic rings. The van der Waals surface area contributed by atoms with Crippen LogP contribution in [0.15, 0.2) is 5.11 Å². The van der Waals surface area contributed by atoms with Gasteiger partial charge in [0, 0.05) is 32.9 Å². The summed E-state index contributed by atoms with van der Waals surface area (Å²) in [6.07, 6.45) is 19.7. The number of carbonyl (C=O) groups is 3. The first kappa shape index (κ1) is 49.9. The Morgan fingerprint density at radius 2 is 1.03 bits per heavy atom. The summed E-state index contributed by atoms with van der Waals surface area (Å²) in [7, 11) is 4.34. The summed E-state index contributed by atoms with van der Waals surface area (Å²) in [6.45, 7) is 12.9. The second kappa shape index (κ2) is 63.5. The number of amides is 1. The Kier molecular flexibility index (Phi) is 90.6. The Balaban J connectivity index is -0.0000000647. The lowest BCUT2D eigenvalue weighted by molar-refractivity contribution is -0.138. The molecule has 0 saturated heterocycles. The SMILES string of the molecule is C.CC.CC=O.CCCCCCCCCCCCCCC.CN=[N+]=[N-].CNC(C)=O.COC(C)=O. The minimum atomic E-state index is -0.245. The zero-order chi connectivity index (χ0) is 27.9. The third kappa shape index (κ3) is 128. The van der Waals surface area contributed by atoms with Crippen molar-refractivity contribution in [1.29, 1.82) is 0 Å². The summed E-state index contributed by atoms with van der Waals surface area (Å²) in [5.74, 6) is -0.241.